The molecule has 2 rings (SSSR count). The number of aliphatic hydroxyl groups is 1. The van der Waals surface area contributed by atoms with Gasteiger partial charge in [0.2, 0.25) is 0 Å². The van der Waals surface area contributed by atoms with Crippen molar-refractivity contribution < 1.29 is 19.4 Å². The molecule has 2 aromatic carbocycles. The van der Waals surface area contributed by atoms with Gasteiger partial charge in [-0.3, -0.25) is 4.79 Å². The minimum absolute atomic E-state index is 0.0338. The monoisotopic (exact) mass is 358 g/mol. The average molecular weight is 359 g/mol. The summed E-state index contributed by atoms with van der Waals surface area (Å²) in [5.74, 6) is -1.02. The van der Waals surface area contributed by atoms with Crippen molar-refractivity contribution in [1.29, 1.82) is 0 Å². The third kappa shape index (κ3) is 5.26. The van der Waals surface area contributed by atoms with Crippen LogP contribution in [0.3, 0.4) is 0 Å². The minimum Gasteiger partial charge on any atom is -0.481 e. The van der Waals surface area contributed by atoms with E-state index in [2.05, 4.69) is 31.2 Å². The lowest BCUT2D eigenvalue weighted by Crippen LogP contribution is -2.61. The molecule has 0 saturated carbocycles. The molecule has 0 aliphatic carbocycles. The van der Waals surface area contributed by atoms with Gasteiger partial charge in [-0.05, 0) is 16.4 Å². The normalized spacial score (nSPS) is 12.7. The molecule has 0 aromatic heterocycles. The summed E-state index contributed by atoms with van der Waals surface area (Å²) in [7, 11) is -2.54. The van der Waals surface area contributed by atoms with Crippen LogP contribution < -0.4 is 10.4 Å². The maximum absolute atomic E-state index is 10.8. The first-order valence-electron chi connectivity index (χ1n) is 8.73. The van der Waals surface area contributed by atoms with Crippen molar-refractivity contribution in [2.24, 2.45) is 0 Å². The van der Waals surface area contributed by atoms with Crippen LogP contribution in [0.1, 0.15) is 26.2 Å². The van der Waals surface area contributed by atoms with Crippen LogP contribution in [-0.2, 0) is 9.22 Å². The van der Waals surface area contributed by atoms with Crippen LogP contribution in [0.4, 0.5) is 0 Å². The summed E-state index contributed by atoms with van der Waals surface area (Å²) in [5, 5.41) is 21.2. The Bertz CT molecular complexity index is 606. The molecule has 0 heterocycles. The Hall–Kier alpha value is -1.95. The van der Waals surface area contributed by atoms with Crippen LogP contribution >= 0.6 is 0 Å². The standard InChI is InChI=1S/C20H26O4Si/c1-2-3-14-25(18-10-6-4-7-11-18,19-12-8-5-9-13-19)24-16-17(21)15-20(22)23/h4-13,17,21H,2-3,14-16H2,1H3,(H,22,23). The molecule has 25 heavy (non-hydrogen) atoms. The summed E-state index contributed by atoms with van der Waals surface area (Å²) >= 11 is 0. The van der Waals surface area contributed by atoms with E-state index in [4.69, 9.17) is 9.53 Å². The number of rotatable bonds is 10. The van der Waals surface area contributed by atoms with Crippen LogP contribution in [-0.4, -0.2) is 37.2 Å². The number of carbonyl (C=O) groups is 1. The highest BCUT2D eigenvalue weighted by Gasteiger charge is 2.39. The molecule has 1 unspecified atom stereocenters. The lowest BCUT2D eigenvalue weighted by molar-refractivity contribution is -0.139. The second-order valence-electron chi connectivity index (χ2n) is 6.23. The number of aliphatic carboxylic acids is 1. The van der Waals surface area contributed by atoms with Crippen molar-refractivity contribution in [1.82, 2.24) is 0 Å². The van der Waals surface area contributed by atoms with E-state index in [0.717, 1.165) is 29.3 Å². The van der Waals surface area contributed by atoms with Gasteiger partial charge in [0, 0.05) is 0 Å². The number of hydrogen-bond acceptors (Lipinski definition) is 3. The van der Waals surface area contributed by atoms with Gasteiger partial charge in [0.1, 0.15) is 0 Å². The largest absolute Gasteiger partial charge is 0.481 e. The zero-order valence-electron chi connectivity index (χ0n) is 14.6. The zero-order chi connectivity index (χ0) is 18.1. The lowest BCUT2D eigenvalue weighted by Gasteiger charge is -2.33. The van der Waals surface area contributed by atoms with Crippen molar-refractivity contribution in [3.05, 3.63) is 60.7 Å². The molecule has 2 N–H and O–H groups in total. The third-order valence-corrected chi connectivity index (χ3v) is 8.54. The molecule has 0 bridgehead atoms. The fourth-order valence-electron chi connectivity index (χ4n) is 3.03. The Morgan fingerprint density at radius 2 is 1.56 bits per heavy atom. The number of carboxylic acid groups (broad SMARTS) is 1. The highest BCUT2D eigenvalue weighted by Crippen LogP contribution is 2.18. The van der Waals surface area contributed by atoms with Gasteiger partial charge >= 0.3 is 5.97 Å². The second-order valence-corrected chi connectivity index (χ2v) is 9.82. The number of carboxylic acids is 1. The number of benzene rings is 2. The molecule has 0 amide bonds. The maximum atomic E-state index is 10.8. The van der Waals surface area contributed by atoms with Crippen molar-refractivity contribution >= 4 is 24.7 Å². The molecule has 134 valence electrons. The van der Waals surface area contributed by atoms with Gasteiger partial charge < -0.3 is 14.6 Å². The molecule has 5 heteroatoms. The van der Waals surface area contributed by atoms with Crippen molar-refractivity contribution in [3.8, 4) is 0 Å². The maximum Gasteiger partial charge on any atom is 0.306 e. The highest BCUT2D eigenvalue weighted by atomic mass is 28.4. The number of unbranched alkanes of at least 4 members (excludes halogenated alkanes) is 1. The Morgan fingerprint density at radius 1 is 1.04 bits per heavy atom. The Labute approximate surface area is 150 Å². The lowest BCUT2D eigenvalue weighted by atomic mass is 10.3. The van der Waals surface area contributed by atoms with E-state index >= 15 is 0 Å². The molecule has 0 fully saturated rings. The molecule has 0 aliphatic heterocycles. The van der Waals surface area contributed by atoms with Gasteiger partial charge in [0.05, 0.1) is 19.1 Å². The molecule has 4 nitrogen and oxygen atoms in total. The van der Waals surface area contributed by atoms with Crippen molar-refractivity contribution in [2.45, 2.75) is 38.3 Å². The fraction of sp³-hybridized carbons (Fsp3) is 0.350. The quantitative estimate of drug-likeness (QED) is 0.640. The van der Waals surface area contributed by atoms with E-state index in [-0.39, 0.29) is 13.0 Å². The van der Waals surface area contributed by atoms with Gasteiger partial charge in [-0.25, -0.2) is 0 Å². The van der Waals surface area contributed by atoms with E-state index in [1.807, 2.05) is 36.4 Å². The van der Waals surface area contributed by atoms with E-state index in [1.54, 1.807) is 0 Å². The van der Waals surface area contributed by atoms with E-state index < -0.39 is 20.4 Å². The van der Waals surface area contributed by atoms with Gasteiger partial charge in [0.15, 0.2) is 0 Å². The van der Waals surface area contributed by atoms with Gasteiger partial charge in [-0.1, -0.05) is 80.4 Å². The van der Waals surface area contributed by atoms with Crippen molar-refractivity contribution in [2.75, 3.05) is 6.61 Å². The molecule has 0 spiro atoms. The smallest absolute Gasteiger partial charge is 0.306 e. The van der Waals surface area contributed by atoms with Gasteiger partial charge in [0.25, 0.3) is 8.32 Å². The second kappa shape index (κ2) is 9.51. The molecule has 2 aromatic rings. The molecule has 1 atom stereocenters. The van der Waals surface area contributed by atoms with E-state index in [0.29, 0.717) is 0 Å². The first kappa shape index (κ1) is 19.4. The number of hydrogen-bond donors (Lipinski definition) is 2. The summed E-state index contributed by atoms with van der Waals surface area (Å²) in [6, 6.07) is 21.2. The van der Waals surface area contributed by atoms with Crippen LogP contribution in [0.5, 0.6) is 0 Å². The van der Waals surface area contributed by atoms with Crippen LogP contribution in [0.25, 0.3) is 0 Å². The third-order valence-electron chi connectivity index (χ3n) is 4.29. The highest BCUT2D eigenvalue weighted by molar-refractivity contribution is 6.97. The Kier molecular flexibility index (Phi) is 7.37. The summed E-state index contributed by atoms with van der Waals surface area (Å²) in [6.45, 7) is 2.18. The molecular formula is C20H26O4Si. The molecular weight excluding hydrogens is 332 g/mol. The molecule has 0 aliphatic rings. The Morgan fingerprint density at radius 3 is 2.00 bits per heavy atom. The van der Waals surface area contributed by atoms with Crippen LogP contribution in [0.15, 0.2) is 60.7 Å². The summed E-state index contributed by atoms with van der Waals surface area (Å²) in [4.78, 5) is 10.8. The molecule has 0 saturated heterocycles. The zero-order valence-corrected chi connectivity index (χ0v) is 15.6. The minimum atomic E-state index is -2.54. The summed E-state index contributed by atoms with van der Waals surface area (Å²) < 4.78 is 6.39. The van der Waals surface area contributed by atoms with Crippen LogP contribution in [0, 0.1) is 0 Å². The van der Waals surface area contributed by atoms with Gasteiger partial charge in [-0.15, -0.1) is 0 Å². The van der Waals surface area contributed by atoms with E-state index in [9.17, 15) is 9.90 Å². The Balaban J connectivity index is 2.38. The molecule has 0 radical (unpaired) electrons. The van der Waals surface area contributed by atoms with Crippen LogP contribution in [0.2, 0.25) is 6.04 Å². The number of aliphatic hydroxyl groups excluding tert-OH is 1. The topological polar surface area (TPSA) is 66.8 Å². The first-order valence-corrected chi connectivity index (χ1v) is 10.8. The predicted octanol–water partition coefficient (Wildman–Crippen LogP) is 2.40. The van der Waals surface area contributed by atoms with Crippen molar-refractivity contribution in [3.63, 3.8) is 0 Å². The van der Waals surface area contributed by atoms with E-state index in [1.165, 1.54) is 0 Å². The fourth-order valence-corrected chi connectivity index (χ4v) is 7.21. The SMILES string of the molecule is CCCC[Si](OCC(O)CC(=O)O)(c1ccccc1)c1ccccc1. The first-order chi connectivity index (χ1) is 12.1. The predicted molar refractivity (Wildman–Crippen MR) is 102 cm³/mol. The average Bonchev–Trinajstić information content (AvgIpc) is 2.63. The van der Waals surface area contributed by atoms with Gasteiger partial charge in [-0.2, -0.15) is 0 Å². The summed E-state index contributed by atoms with van der Waals surface area (Å²) in [5.41, 5.74) is 0. The summed E-state index contributed by atoms with van der Waals surface area (Å²) in [6.07, 6.45) is 0.765.